The van der Waals surface area contributed by atoms with Gasteiger partial charge in [0, 0.05) is 17.7 Å². The van der Waals surface area contributed by atoms with Gasteiger partial charge in [0.2, 0.25) is 11.2 Å². The molecular formula is C29H31FN+. The molecule has 0 N–H and O–H groups in total. The van der Waals surface area contributed by atoms with Gasteiger partial charge in [-0.15, -0.1) is 0 Å². The van der Waals surface area contributed by atoms with Crippen LogP contribution in [0.1, 0.15) is 36.1 Å². The van der Waals surface area contributed by atoms with Gasteiger partial charge in [0.15, 0.2) is 0 Å². The second-order valence-electron chi connectivity index (χ2n) is 9.21. The molecule has 1 nitrogen and oxygen atoms in total. The van der Waals surface area contributed by atoms with Crippen LogP contribution in [0.4, 0.5) is 4.39 Å². The summed E-state index contributed by atoms with van der Waals surface area (Å²) in [4.78, 5) is 0. The highest BCUT2D eigenvalue weighted by Crippen LogP contribution is 2.32. The first-order valence-corrected chi connectivity index (χ1v) is 11.0. The number of aromatic nitrogens is 1. The van der Waals surface area contributed by atoms with E-state index in [1.165, 1.54) is 44.4 Å². The van der Waals surface area contributed by atoms with Gasteiger partial charge < -0.3 is 0 Å². The third-order valence-corrected chi connectivity index (χ3v) is 6.24. The number of nitrogens with zero attached hydrogens (tertiary/aromatic N) is 1. The monoisotopic (exact) mass is 412 g/mol. The molecule has 0 atom stereocenters. The second-order valence-corrected chi connectivity index (χ2v) is 9.21. The summed E-state index contributed by atoms with van der Waals surface area (Å²) in [5.41, 5.74) is 11.1. The molecule has 0 aliphatic heterocycles. The molecule has 2 heteroatoms. The van der Waals surface area contributed by atoms with Crippen molar-refractivity contribution in [1.29, 1.82) is 0 Å². The minimum Gasteiger partial charge on any atom is -0.207 e. The Balaban J connectivity index is 2.01. The van der Waals surface area contributed by atoms with E-state index in [1.54, 1.807) is 12.1 Å². The predicted octanol–water partition coefficient (Wildman–Crippen LogP) is 7.26. The minimum atomic E-state index is -0.204. The van der Waals surface area contributed by atoms with Crippen LogP contribution in [0.5, 0.6) is 0 Å². The number of fused-ring (bicyclic) bond motifs is 1. The van der Waals surface area contributed by atoms with Crippen molar-refractivity contribution in [3.8, 4) is 22.4 Å². The Morgan fingerprint density at radius 1 is 0.839 bits per heavy atom. The molecule has 0 saturated carbocycles. The Hall–Kier alpha value is -3.00. The summed E-state index contributed by atoms with van der Waals surface area (Å²) in [5.74, 6) is 0.359. The Kier molecular flexibility index (Phi) is 5.66. The summed E-state index contributed by atoms with van der Waals surface area (Å²) >= 11 is 0. The minimum absolute atomic E-state index is 0.204. The number of hydrogen-bond donors (Lipinski definition) is 0. The Bertz CT molecular complexity index is 1270. The highest BCUT2D eigenvalue weighted by atomic mass is 19.1. The summed E-state index contributed by atoms with van der Waals surface area (Å²) < 4.78 is 15.9. The zero-order valence-corrected chi connectivity index (χ0v) is 19.4. The van der Waals surface area contributed by atoms with Crippen molar-refractivity contribution in [2.45, 2.75) is 41.0 Å². The van der Waals surface area contributed by atoms with Crippen LogP contribution >= 0.6 is 0 Å². The molecule has 0 radical (unpaired) electrons. The van der Waals surface area contributed by atoms with Gasteiger partial charge in [-0.3, -0.25) is 0 Å². The highest BCUT2D eigenvalue weighted by Gasteiger charge is 2.20. The largest absolute Gasteiger partial charge is 0.213 e. The Morgan fingerprint density at radius 2 is 1.55 bits per heavy atom. The first-order chi connectivity index (χ1) is 14.7. The lowest BCUT2D eigenvalue weighted by Gasteiger charge is -2.14. The molecule has 0 saturated heterocycles. The summed E-state index contributed by atoms with van der Waals surface area (Å²) in [6.07, 6.45) is 1.01. The third kappa shape index (κ3) is 4.12. The fourth-order valence-electron chi connectivity index (χ4n) is 4.59. The molecular weight excluding hydrogens is 381 g/mol. The van der Waals surface area contributed by atoms with E-state index in [0.29, 0.717) is 5.92 Å². The SMILES string of the molecule is Cc1cc(C)c(C)c(-c2ccc3c(-c4ccc(F)cc4)cc(CC(C)C)cc3[n+]2C)c1. The molecule has 0 aliphatic rings. The molecule has 0 bridgehead atoms. The number of hydrogen-bond acceptors (Lipinski definition) is 0. The number of aryl methyl sites for hydroxylation is 3. The van der Waals surface area contributed by atoms with Crippen LogP contribution in [0.3, 0.4) is 0 Å². The van der Waals surface area contributed by atoms with Crippen molar-refractivity contribution in [3.63, 3.8) is 0 Å². The summed E-state index contributed by atoms with van der Waals surface area (Å²) in [7, 11) is 2.16. The highest BCUT2D eigenvalue weighted by molar-refractivity contribution is 5.94. The molecule has 4 rings (SSSR count). The molecule has 31 heavy (non-hydrogen) atoms. The van der Waals surface area contributed by atoms with Gasteiger partial charge in [-0.25, -0.2) is 4.39 Å². The number of halogens is 1. The molecule has 0 spiro atoms. The normalized spacial score (nSPS) is 11.5. The van der Waals surface area contributed by atoms with Gasteiger partial charge in [0.25, 0.3) is 0 Å². The smallest absolute Gasteiger partial charge is 0.207 e. The molecule has 4 aromatic rings. The van der Waals surface area contributed by atoms with E-state index in [0.717, 1.165) is 17.5 Å². The molecule has 158 valence electrons. The quantitative estimate of drug-likeness (QED) is 0.311. The molecule has 0 amide bonds. The van der Waals surface area contributed by atoms with Gasteiger partial charge in [-0.2, -0.15) is 4.57 Å². The van der Waals surface area contributed by atoms with E-state index in [1.807, 2.05) is 12.1 Å². The zero-order valence-electron chi connectivity index (χ0n) is 19.4. The van der Waals surface area contributed by atoms with Gasteiger partial charge in [0.1, 0.15) is 12.9 Å². The van der Waals surface area contributed by atoms with Crippen LogP contribution in [0, 0.1) is 32.5 Å². The standard InChI is InChI=1S/C29H31FN/c1-18(2)13-22-16-27(23-7-9-24(30)10-8-23)25-11-12-28(31(6)29(25)17-22)26-15-19(3)14-20(4)21(26)5/h7-12,14-18H,13H2,1-6H3/q+1. The number of pyridine rings is 1. The van der Waals surface area contributed by atoms with Crippen LogP contribution in [0.2, 0.25) is 0 Å². The fourth-order valence-corrected chi connectivity index (χ4v) is 4.59. The lowest BCUT2D eigenvalue weighted by Crippen LogP contribution is -2.32. The van der Waals surface area contributed by atoms with Crippen LogP contribution in [0.15, 0.2) is 60.7 Å². The van der Waals surface area contributed by atoms with E-state index >= 15 is 0 Å². The molecule has 0 fully saturated rings. The van der Waals surface area contributed by atoms with Crippen molar-refractivity contribution in [3.05, 3.63) is 88.7 Å². The maximum Gasteiger partial charge on any atom is 0.213 e. The van der Waals surface area contributed by atoms with E-state index in [-0.39, 0.29) is 5.82 Å². The van der Waals surface area contributed by atoms with Gasteiger partial charge in [-0.05, 0) is 85.2 Å². The van der Waals surface area contributed by atoms with Crippen molar-refractivity contribution in [2.24, 2.45) is 13.0 Å². The van der Waals surface area contributed by atoms with Gasteiger partial charge in [-0.1, -0.05) is 43.7 Å². The fraction of sp³-hybridized carbons (Fsp3) is 0.276. The Morgan fingerprint density at radius 3 is 2.23 bits per heavy atom. The van der Waals surface area contributed by atoms with Crippen molar-refractivity contribution < 1.29 is 8.96 Å². The summed E-state index contributed by atoms with van der Waals surface area (Å²) in [6, 6.07) is 20.4. The first-order valence-electron chi connectivity index (χ1n) is 11.0. The van der Waals surface area contributed by atoms with Gasteiger partial charge in [0.05, 0.1) is 5.39 Å². The average molecular weight is 413 g/mol. The topological polar surface area (TPSA) is 3.88 Å². The molecule has 0 unspecified atom stereocenters. The molecule has 0 aliphatic carbocycles. The molecule has 1 aromatic heterocycles. The molecule has 1 heterocycles. The van der Waals surface area contributed by atoms with E-state index in [9.17, 15) is 4.39 Å². The average Bonchev–Trinajstić information content (AvgIpc) is 2.71. The van der Waals surface area contributed by atoms with Crippen LogP contribution in [-0.4, -0.2) is 0 Å². The van der Waals surface area contributed by atoms with Crippen LogP contribution < -0.4 is 4.57 Å². The van der Waals surface area contributed by atoms with Gasteiger partial charge >= 0.3 is 0 Å². The zero-order chi connectivity index (χ0) is 22.3. The summed E-state index contributed by atoms with van der Waals surface area (Å²) in [6.45, 7) is 11.0. The second kappa shape index (κ2) is 8.26. The lowest BCUT2D eigenvalue weighted by molar-refractivity contribution is -0.633. The maximum atomic E-state index is 13.6. The van der Waals surface area contributed by atoms with E-state index < -0.39 is 0 Å². The maximum absolute atomic E-state index is 13.6. The Labute approximate surface area is 185 Å². The number of benzene rings is 3. The lowest BCUT2D eigenvalue weighted by atomic mass is 9.92. The van der Waals surface area contributed by atoms with E-state index in [4.69, 9.17) is 0 Å². The molecule has 3 aromatic carbocycles. The van der Waals surface area contributed by atoms with Crippen molar-refractivity contribution in [2.75, 3.05) is 0 Å². The van der Waals surface area contributed by atoms with Crippen LogP contribution in [0.25, 0.3) is 33.3 Å². The third-order valence-electron chi connectivity index (χ3n) is 6.24. The van der Waals surface area contributed by atoms with Crippen LogP contribution in [-0.2, 0) is 13.5 Å². The first kappa shape index (κ1) is 21.2. The summed E-state index contributed by atoms with van der Waals surface area (Å²) in [5, 5.41) is 1.19. The van der Waals surface area contributed by atoms with Crippen molar-refractivity contribution in [1.82, 2.24) is 0 Å². The predicted molar refractivity (Wildman–Crippen MR) is 129 cm³/mol. The van der Waals surface area contributed by atoms with Crippen molar-refractivity contribution >= 4 is 10.9 Å². The van der Waals surface area contributed by atoms with E-state index in [2.05, 4.69) is 82.6 Å². The number of rotatable bonds is 4.